The van der Waals surface area contributed by atoms with Gasteiger partial charge in [0.25, 0.3) is 0 Å². The molecule has 1 aliphatic rings. The van der Waals surface area contributed by atoms with Crippen LogP contribution in [0.1, 0.15) is 20.8 Å². The number of rotatable bonds is 0. The number of hydrogen-bond acceptors (Lipinski definition) is 2. The molecule has 1 heterocycles. The zero-order chi connectivity index (χ0) is 8.32. The molecule has 0 fully saturated rings. The predicted molar refractivity (Wildman–Crippen MR) is 48.6 cm³/mol. The highest BCUT2D eigenvalue weighted by molar-refractivity contribution is 5.70. The van der Waals surface area contributed by atoms with Gasteiger partial charge in [-0.15, -0.1) is 0 Å². The first-order valence-corrected chi connectivity index (χ1v) is 3.75. The highest BCUT2D eigenvalue weighted by Crippen LogP contribution is 2.03. The van der Waals surface area contributed by atoms with Gasteiger partial charge in [-0.2, -0.15) is 0 Å². The lowest BCUT2D eigenvalue weighted by Crippen LogP contribution is -2.37. The predicted octanol–water partition coefficient (Wildman–Crippen LogP) is 1.86. The highest BCUT2D eigenvalue weighted by Gasteiger charge is 2.11. The van der Waals surface area contributed by atoms with Crippen LogP contribution in [0.15, 0.2) is 29.0 Å². The molecule has 0 aliphatic carbocycles. The normalized spacial score (nSPS) is 32.1. The minimum Gasteiger partial charge on any atom is -0.381 e. The van der Waals surface area contributed by atoms with Crippen LogP contribution in [0.4, 0.5) is 0 Å². The molecule has 0 amide bonds. The first kappa shape index (κ1) is 8.05. The first-order chi connectivity index (χ1) is 5.10. The standard InChI is InChI=1S/C9H14N2/c1-8-4-5-10-7-9(2,3)11-6-8/h4-7,11H,1-3H3/b5-4+,8-6-,10-7-. The fourth-order valence-corrected chi connectivity index (χ4v) is 0.775. The van der Waals surface area contributed by atoms with Gasteiger partial charge in [-0.25, -0.2) is 0 Å². The van der Waals surface area contributed by atoms with Crippen LogP contribution in [0.2, 0.25) is 0 Å². The molecule has 2 heteroatoms. The van der Waals surface area contributed by atoms with Gasteiger partial charge in [-0.1, -0.05) is 0 Å². The van der Waals surface area contributed by atoms with Crippen LogP contribution < -0.4 is 5.32 Å². The van der Waals surface area contributed by atoms with E-state index in [-0.39, 0.29) is 5.54 Å². The maximum atomic E-state index is 4.13. The Bertz CT molecular complexity index is 222. The third-order valence-corrected chi connectivity index (χ3v) is 1.49. The Hall–Kier alpha value is -1.05. The molecule has 0 spiro atoms. The van der Waals surface area contributed by atoms with Gasteiger partial charge in [0.1, 0.15) is 0 Å². The van der Waals surface area contributed by atoms with Crippen molar-refractivity contribution in [2.45, 2.75) is 26.3 Å². The molecule has 0 radical (unpaired) electrons. The minimum absolute atomic E-state index is 0.0357. The summed E-state index contributed by atoms with van der Waals surface area (Å²) in [4.78, 5) is 4.13. The van der Waals surface area contributed by atoms with Crippen LogP contribution in [0.25, 0.3) is 0 Å². The number of nitrogens with zero attached hydrogens (tertiary/aromatic N) is 1. The molecule has 1 N–H and O–H groups in total. The highest BCUT2D eigenvalue weighted by atomic mass is 15.0. The van der Waals surface area contributed by atoms with Crippen LogP contribution in [-0.2, 0) is 0 Å². The van der Waals surface area contributed by atoms with Crippen molar-refractivity contribution in [2.24, 2.45) is 4.99 Å². The second-order valence-electron chi connectivity index (χ2n) is 3.35. The molecule has 0 bridgehead atoms. The number of nitrogens with one attached hydrogen (secondary N) is 1. The Morgan fingerprint density at radius 2 is 2.18 bits per heavy atom. The lowest BCUT2D eigenvalue weighted by Gasteiger charge is -2.20. The monoisotopic (exact) mass is 150 g/mol. The van der Waals surface area contributed by atoms with Crippen molar-refractivity contribution in [3.05, 3.63) is 24.0 Å². The fourth-order valence-electron chi connectivity index (χ4n) is 0.775. The summed E-state index contributed by atoms with van der Waals surface area (Å²) >= 11 is 0. The fraction of sp³-hybridized carbons (Fsp3) is 0.444. The van der Waals surface area contributed by atoms with E-state index in [1.165, 1.54) is 5.57 Å². The van der Waals surface area contributed by atoms with Crippen molar-refractivity contribution >= 4 is 6.21 Å². The molecule has 1 aliphatic heterocycles. The van der Waals surface area contributed by atoms with E-state index in [1.54, 1.807) is 0 Å². The average molecular weight is 150 g/mol. The van der Waals surface area contributed by atoms with E-state index < -0.39 is 0 Å². The molecule has 1 rings (SSSR count). The summed E-state index contributed by atoms with van der Waals surface area (Å²) in [6, 6.07) is 0. The topological polar surface area (TPSA) is 24.4 Å². The largest absolute Gasteiger partial charge is 0.381 e. The summed E-state index contributed by atoms with van der Waals surface area (Å²) in [5, 5.41) is 3.25. The van der Waals surface area contributed by atoms with E-state index in [0.717, 1.165) is 0 Å². The van der Waals surface area contributed by atoms with Crippen molar-refractivity contribution in [1.82, 2.24) is 5.32 Å². The van der Waals surface area contributed by atoms with Crippen molar-refractivity contribution in [3.8, 4) is 0 Å². The Labute approximate surface area is 67.7 Å². The van der Waals surface area contributed by atoms with Gasteiger partial charge in [0.15, 0.2) is 0 Å². The van der Waals surface area contributed by atoms with Gasteiger partial charge in [-0.05, 0) is 32.4 Å². The van der Waals surface area contributed by atoms with E-state index >= 15 is 0 Å². The summed E-state index contributed by atoms with van der Waals surface area (Å²) in [5.74, 6) is 0. The SMILES string of the molecule is CC1=C\NC(C)(C)\C=N/C=C/1. The molecule has 0 aromatic heterocycles. The number of hydrogen-bond donors (Lipinski definition) is 1. The molecule has 2 nitrogen and oxygen atoms in total. The third kappa shape index (κ3) is 2.58. The Balaban J connectivity index is 2.83. The van der Waals surface area contributed by atoms with Crippen molar-refractivity contribution in [3.63, 3.8) is 0 Å². The number of allylic oxidation sites excluding steroid dienone is 2. The Morgan fingerprint density at radius 1 is 1.45 bits per heavy atom. The molecule has 0 aromatic rings. The molecule has 0 aromatic carbocycles. The summed E-state index contributed by atoms with van der Waals surface area (Å²) in [6.07, 6.45) is 7.68. The minimum atomic E-state index is -0.0357. The van der Waals surface area contributed by atoms with Crippen LogP contribution in [0.3, 0.4) is 0 Å². The second-order valence-corrected chi connectivity index (χ2v) is 3.35. The van der Waals surface area contributed by atoms with Crippen LogP contribution in [0, 0.1) is 0 Å². The number of aliphatic imine (C=N–C) groups is 1. The van der Waals surface area contributed by atoms with E-state index in [2.05, 4.69) is 24.2 Å². The Morgan fingerprint density at radius 3 is 2.91 bits per heavy atom. The quantitative estimate of drug-likeness (QED) is 0.560. The summed E-state index contributed by atoms with van der Waals surface area (Å²) < 4.78 is 0. The molecule has 11 heavy (non-hydrogen) atoms. The van der Waals surface area contributed by atoms with Gasteiger partial charge >= 0.3 is 0 Å². The van der Waals surface area contributed by atoms with Gasteiger partial charge in [0.2, 0.25) is 0 Å². The molecule has 0 saturated carbocycles. The second kappa shape index (κ2) is 2.91. The zero-order valence-corrected chi connectivity index (χ0v) is 7.26. The maximum absolute atomic E-state index is 4.13. The van der Waals surface area contributed by atoms with Crippen LogP contribution >= 0.6 is 0 Å². The molecular formula is C9H14N2. The first-order valence-electron chi connectivity index (χ1n) is 3.75. The van der Waals surface area contributed by atoms with Gasteiger partial charge in [0.05, 0.1) is 5.54 Å². The van der Waals surface area contributed by atoms with E-state index in [9.17, 15) is 0 Å². The average Bonchev–Trinajstić information content (AvgIpc) is 1.92. The van der Waals surface area contributed by atoms with E-state index in [4.69, 9.17) is 0 Å². The van der Waals surface area contributed by atoms with Crippen molar-refractivity contribution in [2.75, 3.05) is 0 Å². The third-order valence-electron chi connectivity index (χ3n) is 1.49. The van der Waals surface area contributed by atoms with E-state index in [1.807, 2.05) is 31.6 Å². The summed E-state index contributed by atoms with van der Waals surface area (Å²) in [5.41, 5.74) is 1.15. The Kier molecular flexibility index (Phi) is 2.13. The molecule has 0 unspecified atom stereocenters. The maximum Gasteiger partial charge on any atom is 0.0665 e. The van der Waals surface area contributed by atoms with Gasteiger partial charge < -0.3 is 5.32 Å². The van der Waals surface area contributed by atoms with Gasteiger partial charge in [-0.3, -0.25) is 4.99 Å². The molecular weight excluding hydrogens is 136 g/mol. The zero-order valence-electron chi connectivity index (χ0n) is 7.26. The van der Waals surface area contributed by atoms with Gasteiger partial charge in [0, 0.05) is 18.6 Å². The van der Waals surface area contributed by atoms with Crippen molar-refractivity contribution in [1.29, 1.82) is 0 Å². The molecule has 0 atom stereocenters. The van der Waals surface area contributed by atoms with Crippen LogP contribution in [0.5, 0.6) is 0 Å². The molecule has 0 saturated heterocycles. The lowest BCUT2D eigenvalue weighted by molar-refractivity contribution is 0.600. The van der Waals surface area contributed by atoms with E-state index in [0.29, 0.717) is 0 Å². The summed E-state index contributed by atoms with van der Waals surface area (Å²) in [7, 11) is 0. The van der Waals surface area contributed by atoms with Crippen molar-refractivity contribution < 1.29 is 0 Å². The summed E-state index contributed by atoms with van der Waals surface area (Å²) in [6.45, 7) is 6.21. The smallest absolute Gasteiger partial charge is 0.0665 e. The lowest BCUT2D eigenvalue weighted by atomic mass is 10.1. The molecule has 60 valence electrons. The van der Waals surface area contributed by atoms with Crippen LogP contribution in [-0.4, -0.2) is 11.8 Å².